The maximum absolute atomic E-state index is 14.4. The van der Waals surface area contributed by atoms with E-state index >= 15 is 0 Å². The third-order valence-corrected chi connectivity index (χ3v) is 5.10. The number of carbonyl (C=O) groups is 2. The molecule has 0 saturated carbocycles. The van der Waals surface area contributed by atoms with Crippen molar-refractivity contribution in [3.8, 4) is 11.5 Å². The molecule has 2 aromatic carbocycles. The first-order valence-corrected chi connectivity index (χ1v) is 9.30. The Morgan fingerprint density at radius 3 is 2.89 bits per heavy atom. The number of aromatic nitrogens is 1. The molecule has 1 aromatic heterocycles. The smallest absolute Gasteiger partial charge is 0.326 e. The number of ether oxygens (including phenoxy) is 3. The number of carbonyl (C=O) groups excluding carboxylic acids is 2. The summed E-state index contributed by atoms with van der Waals surface area (Å²) in [6.45, 7) is 1.73. The Balaban J connectivity index is 1.79. The van der Waals surface area contributed by atoms with E-state index in [0.717, 1.165) is 11.3 Å². The molecule has 144 valence electrons. The van der Waals surface area contributed by atoms with Crippen LogP contribution in [0.1, 0.15) is 17.3 Å². The number of hydrogen-bond donors (Lipinski definition) is 0. The van der Waals surface area contributed by atoms with Gasteiger partial charge >= 0.3 is 5.97 Å². The van der Waals surface area contributed by atoms with Crippen molar-refractivity contribution in [3.05, 3.63) is 52.6 Å². The molecule has 28 heavy (non-hydrogen) atoms. The lowest BCUT2D eigenvalue weighted by molar-refractivity contribution is -0.143. The van der Waals surface area contributed by atoms with Crippen LogP contribution in [-0.2, 0) is 16.1 Å². The van der Waals surface area contributed by atoms with E-state index in [1.54, 1.807) is 31.2 Å². The molecular weight excluding hydrogens is 387 g/mol. The second kappa shape index (κ2) is 7.43. The van der Waals surface area contributed by atoms with E-state index in [2.05, 4.69) is 4.99 Å². The molecular formula is C19H15FN2O5S. The molecule has 0 unspecified atom stereocenters. The number of para-hydroxylation sites is 1. The summed E-state index contributed by atoms with van der Waals surface area (Å²) < 4.78 is 31.8. The second-order valence-corrected chi connectivity index (χ2v) is 6.86. The van der Waals surface area contributed by atoms with Crippen LogP contribution in [0.5, 0.6) is 11.5 Å². The molecule has 9 heteroatoms. The lowest BCUT2D eigenvalue weighted by Crippen LogP contribution is -2.23. The molecule has 0 radical (unpaired) electrons. The molecule has 1 aliphatic rings. The fourth-order valence-electron chi connectivity index (χ4n) is 2.84. The zero-order valence-electron chi connectivity index (χ0n) is 14.8. The Kier molecular flexibility index (Phi) is 4.82. The number of rotatable bonds is 4. The van der Waals surface area contributed by atoms with Crippen molar-refractivity contribution in [3.63, 3.8) is 0 Å². The lowest BCUT2D eigenvalue weighted by atomic mass is 10.2. The summed E-state index contributed by atoms with van der Waals surface area (Å²) in [5.41, 5.74) is 0.502. The quantitative estimate of drug-likeness (QED) is 0.627. The van der Waals surface area contributed by atoms with E-state index in [1.165, 1.54) is 16.7 Å². The standard InChI is InChI=1S/C19H15FN2O5S/c1-2-25-16(23)9-22-17-12(20)4-3-5-15(17)28-19(22)21-18(24)11-6-7-13-14(8-11)27-10-26-13/h3-8H,2,9-10H2,1H3. The fourth-order valence-corrected chi connectivity index (χ4v) is 3.88. The normalized spacial score (nSPS) is 13.1. The third-order valence-electron chi connectivity index (χ3n) is 4.06. The van der Waals surface area contributed by atoms with Crippen molar-refractivity contribution in [2.24, 2.45) is 4.99 Å². The van der Waals surface area contributed by atoms with Gasteiger partial charge in [0.1, 0.15) is 12.4 Å². The zero-order valence-corrected chi connectivity index (χ0v) is 15.6. The minimum Gasteiger partial charge on any atom is -0.465 e. The van der Waals surface area contributed by atoms with Crippen LogP contribution in [0.2, 0.25) is 0 Å². The van der Waals surface area contributed by atoms with E-state index in [1.807, 2.05) is 0 Å². The molecule has 0 atom stereocenters. The number of halogens is 1. The monoisotopic (exact) mass is 402 g/mol. The van der Waals surface area contributed by atoms with Gasteiger partial charge in [0, 0.05) is 5.56 Å². The molecule has 2 heterocycles. The first-order valence-electron chi connectivity index (χ1n) is 8.49. The average molecular weight is 402 g/mol. The summed E-state index contributed by atoms with van der Waals surface area (Å²) in [5.74, 6) is -0.568. The highest BCUT2D eigenvalue weighted by molar-refractivity contribution is 7.16. The van der Waals surface area contributed by atoms with E-state index in [4.69, 9.17) is 14.2 Å². The molecule has 7 nitrogen and oxygen atoms in total. The van der Waals surface area contributed by atoms with Crippen LogP contribution < -0.4 is 14.3 Å². The summed E-state index contributed by atoms with van der Waals surface area (Å²) in [4.78, 5) is 29.0. The first-order chi connectivity index (χ1) is 13.6. The summed E-state index contributed by atoms with van der Waals surface area (Å²) in [5, 5.41) is 0. The third kappa shape index (κ3) is 3.36. The van der Waals surface area contributed by atoms with Gasteiger partial charge < -0.3 is 18.8 Å². The highest BCUT2D eigenvalue weighted by Gasteiger charge is 2.18. The van der Waals surface area contributed by atoms with Gasteiger partial charge in [-0.1, -0.05) is 17.4 Å². The molecule has 0 bridgehead atoms. The van der Waals surface area contributed by atoms with Gasteiger partial charge in [0.15, 0.2) is 16.3 Å². The number of fused-ring (bicyclic) bond motifs is 2. The van der Waals surface area contributed by atoms with Crippen molar-refractivity contribution >= 4 is 33.4 Å². The summed E-state index contributed by atoms with van der Waals surface area (Å²) >= 11 is 1.12. The van der Waals surface area contributed by atoms with Crippen LogP contribution in [0.15, 0.2) is 41.4 Å². The van der Waals surface area contributed by atoms with Gasteiger partial charge in [0.25, 0.3) is 5.91 Å². The molecule has 0 spiro atoms. The van der Waals surface area contributed by atoms with E-state index in [9.17, 15) is 14.0 Å². The first kappa shape index (κ1) is 18.2. The molecule has 3 aromatic rings. The Labute approximate surface area is 162 Å². The van der Waals surface area contributed by atoms with Crippen LogP contribution >= 0.6 is 11.3 Å². The Hall–Kier alpha value is -3.20. The van der Waals surface area contributed by atoms with Gasteiger partial charge in [-0.15, -0.1) is 0 Å². The molecule has 0 saturated heterocycles. The van der Waals surface area contributed by atoms with E-state index in [0.29, 0.717) is 21.8 Å². The van der Waals surface area contributed by atoms with Gasteiger partial charge in [0.05, 0.1) is 16.8 Å². The van der Waals surface area contributed by atoms with Crippen molar-refractivity contribution in [1.82, 2.24) is 4.57 Å². The van der Waals surface area contributed by atoms with Gasteiger partial charge in [0.2, 0.25) is 6.79 Å². The number of benzene rings is 2. The van der Waals surface area contributed by atoms with E-state index in [-0.39, 0.29) is 30.3 Å². The topological polar surface area (TPSA) is 79.1 Å². The predicted octanol–water partition coefficient (Wildman–Crippen LogP) is 2.87. The van der Waals surface area contributed by atoms with Crippen LogP contribution in [0.3, 0.4) is 0 Å². The summed E-state index contributed by atoms with van der Waals surface area (Å²) in [6.07, 6.45) is 0. The van der Waals surface area contributed by atoms with Gasteiger partial charge in [-0.05, 0) is 37.3 Å². The number of amides is 1. The maximum atomic E-state index is 14.4. The molecule has 1 amide bonds. The minimum absolute atomic E-state index is 0.0965. The fraction of sp³-hybridized carbons (Fsp3) is 0.211. The highest BCUT2D eigenvalue weighted by Crippen LogP contribution is 2.32. The van der Waals surface area contributed by atoms with Crippen LogP contribution in [0.4, 0.5) is 4.39 Å². The van der Waals surface area contributed by atoms with E-state index < -0.39 is 17.7 Å². The number of thiazole rings is 1. The minimum atomic E-state index is -0.539. The molecule has 4 rings (SSSR count). The molecule has 0 fully saturated rings. The Bertz CT molecular complexity index is 1150. The van der Waals surface area contributed by atoms with Crippen molar-refractivity contribution < 1.29 is 28.2 Å². The second-order valence-electron chi connectivity index (χ2n) is 5.85. The van der Waals surface area contributed by atoms with Gasteiger partial charge in [-0.25, -0.2) is 4.39 Å². The summed E-state index contributed by atoms with van der Waals surface area (Å²) in [6, 6.07) is 9.30. The largest absolute Gasteiger partial charge is 0.465 e. The SMILES string of the molecule is CCOC(=O)Cn1c(=NC(=O)c2ccc3c(c2)OCO3)sc2cccc(F)c21. The van der Waals surface area contributed by atoms with Gasteiger partial charge in [-0.3, -0.25) is 9.59 Å². The Morgan fingerprint density at radius 1 is 1.25 bits per heavy atom. The summed E-state index contributed by atoms with van der Waals surface area (Å²) in [7, 11) is 0. The molecule has 0 N–H and O–H groups in total. The van der Waals surface area contributed by atoms with Crippen molar-refractivity contribution in [1.29, 1.82) is 0 Å². The molecule has 0 aliphatic carbocycles. The average Bonchev–Trinajstić information content (AvgIpc) is 3.27. The highest BCUT2D eigenvalue weighted by atomic mass is 32.1. The number of nitrogens with zero attached hydrogens (tertiary/aromatic N) is 2. The lowest BCUT2D eigenvalue weighted by Gasteiger charge is -2.05. The van der Waals surface area contributed by atoms with Crippen LogP contribution in [0, 0.1) is 5.82 Å². The predicted molar refractivity (Wildman–Crippen MR) is 98.9 cm³/mol. The van der Waals surface area contributed by atoms with Crippen LogP contribution in [-0.4, -0.2) is 29.8 Å². The van der Waals surface area contributed by atoms with Crippen molar-refractivity contribution in [2.75, 3.05) is 13.4 Å². The van der Waals surface area contributed by atoms with Crippen molar-refractivity contribution in [2.45, 2.75) is 13.5 Å². The Morgan fingerprint density at radius 2 is 2.07 bits per heavy atom. The van der Waals surface area contributed by atoms with Gasteiger partial charge in [-0.2, -0.15) is 4.99 Å². The number of esters is 1. The zero-order chi connectivity index (χ0) is 19.7. The molecule has 1 aliphatic heterocycles. The van der Waals surface area contributed by atoms with Crippen LogP contribution in [0.25, 0.3) is 10.2 Å². The maximum Gasteiger partial charge on any atom is 0.326 e. The number of hydrogen-bond acceptors (Lipinski definition) is 6.